The summed E-state index contributed by atoms with van der Waals surface area (Å²) in [6.07, 6.45) is 12.8. The van der Waals surface area contributed by atoms with Crippen LogP contribution in [-0.4, -0.2) is 20.3 Å². The van der Waals surface area contributed by atoms with Crippen LogP contribution in [0.2, 0.25) is 0 Å². The second-order valence-electron chi connectivity index (χ2n) is 9.80. The van der Waals surface area contributed by atoms with Crippen LogP contribution in [0.1, 0.15) is 62.2 Å². The van der Waals surface area contributed by atoms with Gasteiger partial charge in [0.1, 0.15) is 5.78 Å². The molecule has 4 bridgehead atoms. The molecule has 148 valence electrons. The Labute approximate surface area is 168 Å². The quantitative estimate of drug-likeness (QED) is 0.867. The summed E-state index contributed by atoms with van der Waals surface area (Å²) in [4.78, 5) is 32.9. The lowest BCUT2D eigenvalue weighted by Gasteiger charge is -2.60. The summed E-state index contributed by atoms with van der Waals surface area (Å²) in [5, 5.41) is 8.90. The van der Waals surface area contributed by atoms with E-state index in [4.69, 9.17) is 5.26 Å². The molecule has 5 aliphatic rings. The normalized spacial score (nSPS) is 33.9. The van der Waals surface area contributed by atoms with E-state index in [0.29, 0.717) is 24.2 Å². The van der Waals surface area contributed by atoms with E-state index in [1.807, 2.05) is 10.6 Å². The number of nitriles is 1. The number of allylic oxidation sites excluding steroid dienone is 1. The van der Waals surface area contributed by atoms with Gasteiger partial charge < -0.3 is 4.98 Å². The first kappa shape index (κ1) is 17.2. The lowest BCUT2D eigenvalue weighted by molar-refractivity contribution is -0.130. The van der Waals surface area contributed by atoms with Gasteiger partial charge >= 0.3 is 5.69 Å². The molecule has 0 aromatic carbocycles. The zero-order chi connectivity index (χ0) is 19.8. The monoisotopic (exact) mass is 388 g/mol. The van der Waals surface area contributed by atoms with Crippen molar-refractivity contribution in [2.24, 2.45) is 23.2 Å². The number of aromatic amines is 1. The van der Waals surface area contributed by atoms with Gasteiger partial charge in [-0.05, 0) is 55.3 Å². The molecule has 6 nitrogen and oxygen atoms in total. The van der Waals surface area contributed by atoms with Gasteiger partial charge in [-0.1, -0.05) is 12.2 Å². The van der Waals surface area contributed by atoms with Crippen LogP contribution in [0.3, 0.4) is 0 Å². The minimum Gasteiger partial charge on any atom is -0.304 e. The molecule has 0 aliphatic heterocycles. The van der Waals surface area contributed by atoms with Gasteiger partial charge in [0, 0.05) is 24.4 Å². The summed E-state index contributed by atoms with van der Waals surface area (Å²) in [6.45, 7) is 0. The highest BCUT2D eigenvalue weighted by molar-refractivity contribution is 5.87. The Bertz CT molecular complexity index is 1150. The predicted octanol–water partition coefficient (Wildman–Crippen LogP) is 3.53. The molecular formula is C23H24N4O2. The smallest absolute Gasteiger partial charge is 0.304 e. The molecule has 2 unspecified atom stereocenters. The van der Waals surface area contributed by atoms with E-state index in [9.17, 15) is 9.59 Å². The number of imidazole rings is 1. The number of rotatable bonds is 4. The van der Waals surface area contributed by atoms with Crippen LogP contribution in [0.15, 0.2) is 17.1 Å². The van der Waals surface area contributed by atoms with Crippen LogP contribution in [-0.2, 0) is 11.2 Å². The maximum atomic E-state index is 13.1. The number of hydrogen-bond acceptors (Lipinski definition) is 4. The first-order valence-corrected chi connectivity index (χ1v) is 10.7. The van der Waals surface area contributed by atoms with Crippen molar-refractivity contribution in [1.82, 2.24) is 14.5 Å². The Hall–Kier alpha value is -2.68. The molecule has 0 spiro atoms. The number of pyridine rings is 1. The zero-order valence-corrected chi connectivity index (χ0v) is 16.4. The van der Waals surface area contributed by atoms with Crippen LogP contribution < -0.4 is 5.69 Å². The van der Waals surface area contributed by atoms with Gasteiger partial charge in [-0.3, -0.25) is 14.3 Å². The van der Waals surface area contributed by atoms with Crippen molar-refractivity contribution >= 4 is 22.9 Å². The van der Waals surface area contributed by atoms with Crippen molar-refractivity contribution in [2.45, 2.75) is 57.4 Å². The molecule has 2 atom stereocenters. The van der Waals surface area contributed by atoms with E-state index in [1.54, 1.807) is 6.20 Å². The molecule has 4 fully saturated rings. The number of Topliss-reactive ketones (excluding diaryl/α,β-unsaturated/α-hetero) is 1. The van der Waals surface area contributed by atoms with Gasteiger partial charge in [-0.15, -0.1) is 0 Å². The molecule has 0 saturated heterocycles. The van der Waals surface area contributed by atoms with Gasteiger partial charge in [0.2, 0.25) is 0 Å². The standard InChI is InChI=1S/C23H24N4O2/c24-5-4-16(28)11-23-8-13-6-14(9-23)20(15(7-13)10-23)27-21-17-2-1-3-18(17)25-12-19(21)26-22(27)29/h1-2,12-15,20H,3-4,6-11H2,(H,26,29). The van der Waals surface area contributed by atoms with Crippen LogP contribution in [0, 0.1) is 34.5 Å². The molecule has 2 heterocycles. The molecule has 5 aliphatic carbocycles. The third kappa shape index (κ3) is 2.43. The Morgan fingerprint density at radius 1 is 1.31 bits per heavy atom. The summed E-state index contributed by atoms with van der Waals surface area (Å²) in [5.41, 5.74) is 4.01. The SMILES string of the molecule is N#CCC(=O)CC12CC3CC(C1)C(n1c(=O)[nH]c4cnc5c(c41)C=CC5)C(C3)C2. The van der Waals surface area contributed by atoms with Crippen LogP contribution in [0.5, 0.6) is 0 Å². The van der Waals surface area contributed by atoms with Gasteiger partial charge in [0.05, 0.1) is 35.4 Å². The third-order valence-corrected chi connectivity index (χ3v) is 7.96. The molecule has 7 rings (SSSR count). The second kappa shape index (κ2) is 5.91. The molecule has 1 N–H and O–H groups in total. The number of nitrogens with zero attached hydrogens (tertiary/aromatic N) is 3. The Balaban J connectivity index is 1.42. The fourth-order valence-corrected chi connectivity index (χ4v) is 7.47. The highest BCUT2D eigenvalue weighted by Gasteiger charge is 2.56. The lowest BCUT2D eigenvalue weighted by atomic mass is 9.47. The maximum Gasteiger partial charge on any atom is 0.326 e. The van der Waals surface area contributed by atoms with Crippen molar-refractivity contribution in [1.29, 1.82) is 5.26 Å². The van der Waals surface area contributed by atoms with E-state index < -0.39 is 0 Å². The third-order valence-electron chi connectivity index (χ3n) is 7.96. The number of hydrogen-bond donors (Lipinski definition) is 1. The van der Waals surface area contributed by atoms with Crippen molar-refractivity contribution in [3.63, 3.8) is 0 Å². The second-order valence-corrected chi connectivity index (χ2v) is 9.80. The average molecular weight is 388 g/mol. The van der Waals surface area contributed by atoms with Crippen molar-refractivity contribution in [3.05, 3.63) is 34.0 Å². The fourth-order valence-electron chi connectivity index (χ4n) is 7.47. The number of aromatic nitrogens is 3. The summed E-state index contributed by atoms with van der Waals surface area (Å²) < 4.78 is 2.05. The topological polar surface area (TPSA) is 91.5 Å². The fraction of sp³-hybridized carbons (Fsp3) is 0.565. The van der Waals surface area contributed by atoms with Crippen LogP contribution >= 0.6 is 0 Å². The number of fused-ring (bicyclic) bond motifs is 3. The highest BCUT2D eigenvalue weighted by atomic mass is 16.1. The van der Waals surface area contributed by atoms with E-state index >= 15 is 0 Å². The molecule has 4 saturated carbocycles. The van der Waals surface area contributed by atoms with E-state index in [1.165, 1.54) is 0 Å². The zero-order valence-electron chi connectivity index (χ0n) is 16.4. The number of ketones is 1. The van der Waals surface area contributed by atoms with Crippen molar-refractivity contribution in [2.75, 3.05) is 0 Å². The maximum absolute atomic E-state index is 13.1. The predicted molar refractivity (Wildman–Crippen MR) is 108 cm³/mol. The molecule has 2 aromatic heterocycles. The first-order valence-electron chi connectivity index (χ1n) is 10.7. The summed E-state index contributed by atoms with van der Waals surface area (Å²) >= 11 is 0. The van der Waals surface area contributed by atoms with E-state index in [2.05, 4.69) is 22.1 Å². The van der Waals surface area contributed by atoms with E-state index in [0.717, 1.165) is 60.8 Å². The average Bonchev–Trinajstić information content (AvgIpc) is 3.24. The molecule has 29 heavy (non-hydrogen) atoms. The largest absolute Gasteiger partial charge is 0.326 e. The van der Waals surface area contributed by atoms with Crippen LogP contribution in [0.25, 0.3) is 17.1 Å². The number of H-pyrrole nitrogens is 1. The Kier molecular flexibility index (Phi) is 3.51. The van der Waals surface area contributed by atoms with Gasteiger partial charge in [-0.25, -0.2) is 4.79 Å². The van der Waals surface area contributed by atoms with Gasteiger partial charge in [0.15, 0.2) is 0 Å². The summed E-state index contributed by atoms with van der Waals surface area (Å²) in [5.74, 6) is 1.61. The highest BCUT2D eigenvalue weighted by Crippen LogP contribution is 2.65. The summed E-state index contributed by atoms with van der Waals surface area (Å²) in [6, 6.07) is 2.22. The number of carbonyl (C=O) groups is 1. The summed E-state index contributed by atoms with van der Waals surface area (Å²) in [7, 11) is 0. The minimum absolute atomic E-state index is 0.0254. The van der Waals surface area contributed by atoms with Gasteiger partial charge in [0.25, 0.3) is 0 Å². The molecule has 2 aromatic rings. The van der Waals surface area contributed by atoms with Crippen molar-refractivity contribution < 1.29 is 4.79 Å². The lowest BCUT2D eigenvalue weighted by Crippen LogP contribution is -2.53. The first-order chi connectivity index (χ1) is 14.1. The van der Waals surface area contributed by atoms with Gasteiger partial charge in [-0.2, -0.15) is 5.26 Å². The molecule has 0 amide bonds. The molecule has 0 radical (unpaired) electrons. The van der Waals surface area contributed by atoms with Crippen LogP contribution in [0.4, 0.5) is 0 Å². The minimum atomic E-state index is -0.0254. The number of carbonyl (C=O) groups excluding carboxylic acids is 1. The Morgan fingerprint density at radius 2 is 2.10 bits per heavy atom. The molecule has 6 heteroatoms. The Morgan fingerprint density at radius 3 is 2.86 bits per heavy atom. The van der Waals surface area contributed by atoms with Crippen molar-refractivity contribution in [3.8, 4) is 6.07 Å². The van der Waals surface area contributed by atoms with E-state index in [-0.39, 0.29) is 29.4 Å². The molecular weight excluding hydrogens is 364 g/mol. The number of nitrogens with one attached hydrogen (secondary N) is 1.